The molecule has 3 N–H and O–H groups in total. The third kappa shape index (κ3) is 38.9. The van der Waals surface area contributed by atoms with Crippen molar-refractivity contribution < 1.29 is 5.11 Å². The summed E-state index contributed by atoms with van der Waals surface area (Å²) in [6, 6.07) is 0. The molecule has 2 nitrogen and oxygen atoms in total. The summed E-state index contributed by atoms with van der Waals surface area (Å²) in [5, 5.41) is 8.06. The average molecular weight is 195 g/mol. The van der Waals surface area contributed by atoms with Gasteiger partial charge in [-0.3, -0.25) is 0 Å². The highest BCUT2D eigenvalue weighted by Crippen LogP contribution is 1.99. The fraction of sp³-hybridized carbons (Fsp3) is 0.857. The molecule has 0 saturated heterocycles. The van der Waals surface area contributed by atoms with Crippen molar-refractivity contribution in [1.82, 2.24) is 0 Å². The Morgan fingerprint density at radius 1 is 1.64 bits per heavy atom. The van der Waals surface area contributed by atoms with E-state index in [0.29, 0.717) is 4.32 Å². The van der Waals surface area contributed by atoms with E-state index >= 15 is 0 Å². The first-order valence-electron chi connectivity index (χ1n) is 3.61. The molecule has 0 aromatic rings. The van der Waals surface area contributed by atoms with Crippen LogP contribution in [-0.2, 0) is 0 Å². The molecular formula is C7H17NOS2. The molecule has 0 aliphatic heterocycles. The predicted octanol–water partition coefficient (Wildman–Crippen LogP) is 1.76. The number of thioether (sulfide) groups is 1. The minimum absolute atomic E-state index is 0.167. The SMILES string of the molecule is CC(C)O.CCCSC(N)=S. The maximum Gasteiger partial charge on any atom is 0.131 e. The van der Waals surface area contributed by atoms with Gasteiger partial charge >= 0.3 is 0 Å². The Hall–Kier alpha value is 0.200. The van der Waals surface area contributed by atoms with Crippen molar-refractivity contribution in [3.63, 3.8) is 0 Å². The fourth-order valence-corrected chi connectivity index (χ4v) is 0.858. The average Bonchev–Trinajstić information content (AvgIpc) is 1.82. The van der Waals surface area contributed by atoms with Crippen molar-refractivity contribution in [2.24, 2.45) is 5.73 Å². The van der Waals surface area contributed by atoms with Gasteiger partial charge in [0.15, 0.2) is 0 Å². The van der Waals surface area contributed by atoms with Gasteiger partial charge in [-0.05, 0) is 26.0 Å². The lowest BCUT2D eigenvalue weighted by molar-refractivity contribution is 0.216. The molecule has 11 heavy (non-hydrogen) atoms. The van der Waals surface area contributed by atoms with Gasteiger partial charge in [-0.25, -0.2) is 0 Å². The zero-order valence-electron chi connectivity index (χ0n) is 7.33. The van der Waals surface area contributed by atoms with E-state index in [0.717, 1.165) is 12.2 Å². The molecule has 0 aromatic carbocycles. The summed E-state index contributed by atoms with van der Waals surface area (Å²) in [6.07, 6.45) is 0.974. The molecular weight excluding hydrogens is 178 g/mol. The quantitative estimate of drug-likeness (QED) is 0.659. The molecule has 0 rings (SSSR count). The van der Waals surface area contributed by atoms with Crippen molar-refractivity contribution in [3.8, 4) is 0 Å². The number of hydrogen-bond donors (Lipinski definition) is 2. The van der Waals surface area contributed by atoms with E-state index in [-0.39, 0.29) is 6.10 Å². The molecule has 0 atom stereocenters. The van der Waals surface area contributed by atoms with Crippen LogP contribution >= 0.6 is 24.0 Å². The van der Waals surface area contributed by atoms with Crippen molar-refractivity contribution >= 4 is 28.3 Å². The van der Waals surface area contributed by atoms with Gasteiger partial charge in [0.05, 0.1) is 0 Å². The van der Waals surface area contributed by atoms with Crippen LogP contribution < -0.4 is 5.73 Å². The molecule has 0 fully saturated rings. The lowest BCUT2D eigenvalue weighted by Gasteiger charge is -1.90. The zero-order chi connectivity index (χ0) is 9.28. The van der Waals surface area contributed by atoms with Crippen LogP contribution in [-0.4, -0.2) is 21.3 Å². The summed E-state index contributed by atoms with van der Waals surface area (Å²) >= 11 is 6.14. The van der Waals surface area contributed by atoms with E-state index in [9.17, 15) is 0 Å². The topological polar surface area (TPSA) is 46.2 Å². The Balaban J connectivity index is 0. The minimum atomic E-state index is -0.167. The summed E-state index contributed by atoms with van der Waals surface area (Å²) in [5.74, 6) is 1.05. The smallest absolute Gasteiger partial charge is 0.131 e. The molecule has 0 unspecified atom stereocenters. The van der Waals surface area contributed by atoms with Crippen LogP contribution in [0.25, 0.3) is 0 Å². The molecule has 0 aliphatic rings. The summed E-state index contributed by atoms with van der Waals surface area (Å²) in [4.78, 5) is 0. The van der Waals surface area contributed by atoms with Gasteiger partial charge in [-0.2, -0.15) is 0 Å². The Bertz CT molecular complexity index is 93.7. The van der Waals surface area contributed by atoms with Gasteiger partial charge in [0.25, 0.3) is 0 Å². The third-order valence-corrected chi connectivity index (χ3v) is 1.70. The van der Waals surface area contributed by atoms with Crippen LogP contribution in [0.4, 0.5) is 0 Å². The molecule has 68 valence electrons. The third-order valence-electron chi connectivity index (χ3n) is 0.448. The second-order valence-corrected chi connectivity index (χ2v) is 4.10. The Labute approximate surface area is 78.6 Å². The normalized spacial score (nSPS) is 8.82. The summed E-state index contributed by atoms with van der Waals surface area (Å²) in [5.41, 5.74) is 5.17. The Kier molecular flexibility index (Phi) is 12.8. The van der Waals surface area contributed by atoms with Crippen molar-refractivity contribution in [1.29, 1.82) is 0 Å². The minimum Gasteiger partial charge on any atom is -0.394 e. The van der Waals surface area contributed by atoms with Gasteiger partial charge in [0.1, 0.15) is 4.32 Å². The van der Waals surface area contributed by atoms with E-state index in [2.05, 4.69) is 19.1 Å². The van der Waals surface area contributed by atoms with Gasteiger partial charge in [0.2, 0.25) is 0 Å². The summed E-state index contributed by atoms with van der Waals surface area (Å²) < 4.78 is 0.557. The predicted molar refractivity (Wildman–Crippen MR) is 56.9 cm³/mol. The Morgan fingerprint density at radius 3 is 2.09 bits per heavy atom. The maximum absolute atomic E-state index is 8.06. The molecule has 0 radical (unpaired) electrons. The van der Waals surface area contributed by atoms with Gasteiger partial charge < -0.3 is 10.8 Å². The van der Waals surface area contributed by atoms with Gasteiger partial charge in [0, 0.05) is 6.10 Å². The fourth-order valence-electron chi connectivity index (χ4n) is 0.203. The zero-order valence-corrected chi connectivity index (χ0v) is 8.97. The number of hydrogen-bond acceptors (Lipinski definition) is 3. The maximum atomic E-state index is 8.06. The van der Waals surface area contributed by atoms with Crippen molar-refractivity contribution in [2.45, 2.75) is 33.3 Å². The number of nitrogens with two attached hydrogens (primary N) is 1. The van der Waals surface area contributed by atoms with E-state index in [4.69, 9.17) is 10.8 Å². The molecule has 4 heteroatoms. The summed E-state index contributed by atoms with van der Waals surface area (Å²) in [7, 11) is 0. The largest absolute Gasteiger partial charge is 0.394 e. The molecule has 0 spiro atoms. The highest BCUT2D eigenvalue weighted by molar-refractivity contribution is 8.22. The monoisotopic (exact) mass is 195 g/mol. The number of aliphatic hydroxyl groups is 1. The molecule has 0 amide bonds. The number of thiocarbonyl (C=S) groups is 1. The second kappa shape index (κ2) is 10.2. The van der Waals surface area contributed by atoms with Gasteiger partial charge in [-0.15, -0.1) is 0 Å². The molecule has 0 bridgehead atoms. The van der Waals surface area contributed by atoms with Crippen LogP contribution in [0, 0.1) is 0 Å². The van der Waals surface area contributed by atoms with Crippen LogP contribution in [0.1, 0.15) is 27.2 Å². The number of rotatable bonds is 2. The second-order valence-electron chi connectivity index (χ2n) is 2.26. The van der Waals surface area contributed by atoms with E-state index < -0.39 is 0 Å². The van der Waals surface area contributed by atoms with Crippen LogP contribution in [0.5, 0.6) is 0 Å². The standard InChI is InChI=1S/C4H9NS2.C3H8O/c1-2-3-7-4(5)6;1-3(2)4/h2-3H2,1H3,(H2,5,6);3-4H,1-2H3. The van der Waals surface area contributed by atoms with Crippen LogP contribution in [0.2, 0.25) is 0 Å². The molecule has 0 saturated carbocycles. The van der Waals surface area contributed by atoms with E-state index in [1.807, 2.05) is 0 Å². The lowest BCUT2D eigenvalue weighted by atomic mass is 10.5. The van der Waals surface area contributed by atoms with E-state index in [1.165, 1.54) is 0 Å². The lowest BCUT2D eigenvalue weighted by Crippen LogP contribution is -2.01. The first kappa shape index (κ1) is 13.8. The first-order chi connectivity index (χ1) is 5.00. The highest BCUT2D eigenvalue weighted by atomic mass is 32.2. The Morgan fingerprint density at radius 2 is 2.00 bits per heavy atom. The van der Waals surface area contributed by atoms with Crippen LogP contribution in [0.3, 0.4) is 0 Å². The molecule has 0 aromatic heterocycles. The molecule has 0 heterocycles. The first-order valence-corrected chi connectivity index (χ1v) is 5.00. The number of aliphatic hydroxyl groups excluding tert-OH is 1. The molecule has 0 aliphatic carbocycles. The highest BCUT2D eigenvalue weighted by Gasteiger charge is 1.84. The summed E-state index contributed by atoms with van der Waals surface area (Å²) in [6.45, 7) is 5.55. The van der Waals surface area contributed by atoms with Crippen LogP contribution in [0.15, 0.2) is 0 Å². The van der Waals surface area contributed by atoms with E-state index in [1.54, 1.807) is 25.6 Å². The van der Waals surface area contributed by atoms with Crippen molar-refractivity contribution in [2.75, 3.05) is 5.75 Å². The van der Waals surface area contributed by atoms with Crippen molar-refractivity contribution in [3.05, 3.63) is 0 Å². The van der Waals surface area contributed by atoms with Gasteiger partial charge in [-0.1, -0.05) is 30.9 Å².